The van der Waals surface area contributed by atoms with E-state index in [9.17, 15) is 14.4 Å². The number of hydrogen-bond acceptors (Lipinski definition) is 4. The fraction of sp³-hybridized carbons (Fsp3) is 0.167. The van der Waals surface area contributed by atoms with Crippen LogP contribution in [0.5, 0.6) is 5.75 Å². The number of aromatic nitrogens is 1. The maximum Gasteiger partial charge on any atom is 0.258 e. The molecule has 0 amide bonds. The van der Waals surface area contributed by atoms with Crippen molar-refractivity contribution in [2.75, 3.05) is 0 Å². The maximum absolute atomic E-state index is 13.9. The topological polar surface area (TPSA) is 81.0 Å². The number of fused-ring (bicyclic) bond motifs is 1. The van der Waals surface area contributed by atoms with Crippen LogP contribution in [0.1, 0.15) is 28.3 Å². The van der Waals surface area contributed by atoms with Crippen molar-refractivity contribution in [2.24, 2.45) is 5.73 Å². The molecule has 0 unspecified atom stereocenters. The molecule has 3 aromatic rings. The molecular weight excluding hydrogens is 381 g/mol. The molecule has 0 saturated heterocycles. The van der Waals surface area contributed by atoms with Gasteiger partial charge in [0.2, 0.25) is 5.88 Å². The first kappa shape index (κ1) is 19.5. The van der Waals surface area contributed by atoms with E-state index in [1.54, 1.807) is 22.8 Å². The number of aryl methyl sites for hydroxylation is 2. The minimum Gasteiger partial charge on any atom is -0.440 e. The van der Waals surface area contributed by atoms with Crippen molar-refractivity contribution in [3.63, 3.8) is 0 Å². The molecule has 1 aromatic heterocycles. The van der Waals surface area contributed by atoms with Crippen LogP contribution in [0.3, 0.4) is 0 Å². The van der Waals surface area contributed by atoms with Crippen LogP contribution in [0.4, 0.5) is 4.39 Å². The first-order valence-corrected chi connectivity index (χ1v) is 9.61. The van der Waals surface area contributed by atoms with Gasteiger partial charge in [0.1, 0.15) is 23.2 Å². The number of nitrogens with two attached hydrogens (primary N) is 1. The van der Waals surface area contributed by atoms with Crippen molar-refractivity contribution < 1.29 is 9.13 Å². The average Bonchev–Trinajstić information content (AvgIpc) is 2.73. The van der Waals surface area contributed by atoms with Crippen LogP contribution in [0, 0.1) is 24.1 Å². The Hall–Kier alpha value is -3.85. The van der Waals surface area contributed by atoms with Gasteiger partial charge in [0.15, 0.2) is 0 Å². The summed E-state index contributed by atoms with van der Waals surface area (Å²) in [6, 6.07) is 19.5. The average molecular weight is 401 g/mol. The summed E-state index contributed by atoms with van der Waals surface area (Å²) in [4.78, 5) is 13.5. The van der Waals surface area contributed by atoms with E-state index < -0.39 is 11.7 Å². The van der Waals surface area contributed by atoms with Crippen molar-refractivity contribution >= 4 is 0 Å². The fourth-order valence-electron chi connectivity index (χ4n) is 3.87. The molecular formula is C24H20FN3O2. The number of nitrogens with zero attached hydrogens (tertiary/aromatic N) is 2. The molecule has 0 bridgehead atoms. The molecule has 1 atom stereocenters. The van der Waals surface area contributed by atoms with Crippen LogP contribution in [0.2, 0.25) is 0 Å². The monoisotopic (exact) mass is 401 g/mol. The quantitative estimate of drug-likeness (QED) is 0.722. The number of allylic oxidation sites excluding steroid dienone is 1. The first-order valence-electron chi connectivity index (χ1n) is 9.61. The van der Waals surface area contributed by atoms with E-state index in [1.807, 2.05) is 43.3 Å². The number of halogens is 1. The molecule has 0 saturated carbocycles. The summed E-state index contributed by atoms with van der Waals surface area (Å²) in [5.74, 6) is -1.00. The van der Waals surface area contributed by atoms with E-state index in [-0.39, 0.29) is 17.0 Å². The lowest BCUT2D eigenvalue weighted by Crippen LogP contribution is -2.33. The Morgan fingerprint density at radius 3 is 2.63 bits per heavy atom. The van der Waals surface area contributed by atoms with Crippen LogP contribution in [-0.2, 0) is 13.0 Å². The van der Waals surface area contributed by atoms with Crippen molar-refractivity contribution in [1.29, 1.82) is 5.26 Å². The highest BCUT2D eigenvalue weighted by atomic mass is 19.1. The smallest absolute Gasteiger partial charge is 0.258 e. The number of pyridine rings is 1. The fourth-order valence-corrected chi connectivity index (χ4v) is 3.87. The second-order valence-electron chi connectivity index (χ2n) is 7.24. The van der Waals surface area contributed by atoms with E-state index in [2.05, 4.69) is 0 Å². The largest absolute Gasteiger partial charge is 0.440 e. The highest BCUT2D eigenvalue weighted by molar-refractivity contribution is 5.55. The Kier molecular flexibility index (Phi) is 5.11. The van der Waals surface area contributed by atoms with E-state index in [4.69, 9.17) is 10.5 Å². The van der Waals surface area contributed by atoms with E-state index in [1.165, 1.54) is 12.1 Å². The summed E-state index contributed by atoms with van der Waals surface area (Å²) < 4.78 is 21.2. The predicted octanol–water partition coefficient (Wildman–Crippen LogP) is 3.76. The highest BCUT2D eigenvalue weighted by Gasteiger charge is 2.34. The third kappa shape index (κ3) is 3.46. The summed E-state index contributed by atoms with van der Waals surface area (Å²) >= 11 is 0. The number of ether oxygens (including phenoxy) is 1. The molecule has 0 radical (unpaired) electrons. The Morgan fingerprint density at radius 2 is 1.93 bits per heavy atom. The van der Waals surface area contributed by atoms with E-state index >= 15 is 0 Å². The molecule has 0 fully saturated rings. The second kappa shape index (κ2) is 7.88. The lowest BCUT2D eigenvalue weighted by atomic mass is 9.84. The van der Waals surface area contributed by atoms with Gasteiger partial charge in [0.05, 0.1) is 11.5 Å². The van der Waals surface area contributed by atoms with Gasteiger partial charge in [-0.15, -0.1) is 0 Å². The Bertz CT molecular complexity index is 1240. The molecule has 1 aliphatic heterocycles. The third-order valence-electron chi connectivity index (χ3n) is 5.34. The predicted molar refractivity (Wildman–Crippen MR) is 111 cm³/mol. The van der Waals surface area contributed by atoms with Gasteiger partial charge >= 0.3 is 0 Å². The summed E-state index contributed by atoms with van der Waals surface area (Å²) in [7, 11) is 0. The van der Waals surface area contributed by atoms with Gasteiger partial charge < -0.3 is 15.0 Å². The molecule has 4 rings (SSSR count). The second-order valence-corrected chi connectivity index (χ2v) is 7.24. The molecule has 2 heterocycles. The van der Waals surface area contributed by atoms with Gasteiger partial charge in [0.25, 0.3) is 5.56 Å². The number of benzene rings is 2. The van der Waals surface area contributed by atoms with Gasteiger partial charge in [-0.05, 0) is 36.6 Å². The van der Waals surface area contributed by atoms with Gasteiger partial charge in [-0.3, -0.25) is 4.79 Å². The zero-order chi connectivity index (χ0) is 21.3. The maximum atomic E-state index is 13.9. The zero-order valence-corrected chi connectivity index (χ0v) is 16.4. The minimum absolute atomic E-state index is 0.0694. The van der Waals surface area contributed by atoms with Crippen molar-refractivity contribution in [2.45, 2.75) is 25.8 Å². The molecule has 0 aliphatic carbocycles. The Balaban J connectivity index is 1.84. The van der Waals surface area contributed by atoms with Gasteiger partial charge in [0, 0.05) is 18.3 Å². The molecule has 150 valence electrons. The van der Waals surface area contributed by atoms with E-state index in [0.717, 1.165) is 11.3 Å². The molecule has 5 nitrogen and oxygen atoms in total. The van der Waals surface area contributed by atoms with Gasteiger partial charge in [-0.2, -0.15) is 5.26 Å². The summed E-state index contributed by atoms with van der Waals surface area (Å²) in [6.07, 6.45) is 0.676. The van der Waals surface area contributed by atoms with E-state index in [0.29, 0.717) is 29.8 Å². The molecule has 30 heavy (non-hydrogen) atoms. The normalized spacial score (nSPS) is 15.3. The van der Waals surface area contributed by atoms with Crippen LogP contribution in [0.15, 0.2) is 76.9 Å². The van der Waals surface area contributed by atoms with Gasteiger partial charge in [-0.25, -0.2) is 4.39 Å². The summed E-state index contributed by atoms with van der Waals surface area (Å²) in [6.45, 7) is 2.30. The van der Waals surface area contributed by atoms with Crippen LogP contribution < -0.4 is 16.0 Å². The number of nitriles is 1. The lowest BCUT2D eigenvalue weighted by molar-refractivity contribution is 0.388. The number of hydrogen-bond donors (Lipinski definition) is 1. The zero-order valence-electron chi connectivity index (χ0n) is 16.4. The third-order valence-corrected chi connectivity index (χ3v) is 5.34. The lowest BCUT2D eigenvalue weighted by Gasteiger charge is -2.27. The molecule has 1 aliphatic rings. The van der Waals surface area contributed by atoms with Crippen molar-refractivity contribution in [3.8, 4) is 11.8 Å². The first-order chi connectivity index (χ1) is 14.5. The van der Waals surface area contributed by atoms with Crippen LogP contribution >= 0.6 is 0 Å². The molecule has 6 heteroatoms. The van der Waals surface area contributed by atoms with Crippen molar-refractivity contribution in [3.05, 3.63) is 111 Å². The Labute approximate surface area is 173 Å². The molecule has 2 aromatic carbocycles. The van der Waals surface area contributed by atoms with Gasteiger partial charge in [-0.1, -0.05) is 42.5 Å². The minimum atomic E-state index is -0.787. The summed E-state index contributed by atoms with van der Waals surface area (Å²) in [5.41, 5.74) is 8.42. The van der Waals surface area contributed by atoms with Crippen molar-refractivity contribution in [1.82, 2.24) is 4.57 Å². The molecule has 0 spiro atoms. The Morgan fingerprint density at radius 1 is 1.17 bits per heavy atom. The summed E-state index contributed by atoms with van der Waals surface area (Å²) in [5, 5.41) is 9.68. The van der Waals surface area contributed by atoms with Crippen LogP contribution in [-0.4, -0.2) is 4.57 Å². The highest BCUT2D eigenvalue weighted by Crippen LogP contribution is 2.40. The van der Waals surface area contributed by atoms with Crippen LogP contribution in [0.25, 0.3) is 0 Å². The SMILES string of the molecule is Cc1cc2c(c(=O)n1CCc1ccccc1)[C@@H](c1cccc(F)c1)C(C#N)=C(N)O2. The number of rotatable bonds is 4. The molecule has 2 N–H and O–H groups in total. The standard InChI is InChI=1S/C24H20FN3O2/c1-15-12-20-22(24(29)28(15)11-10-16-6-3-2-4-7-16)21(19(14-26)23(27)30-20)17-8-5-9-18(25)13-17/h2-9,12-13,21H,10-11,27H2,1H3/t21-/m0/s1.